The van der Waals surface area contributed by atoms with E-state index in [4.69, 9.17) is 0 Å². The molecular formula is C10H9N. The van der Waals surface area contributed by atoms with Crippen LogP contribution in [0.5, 0.6) is 0 Å². The monoisotopic (exact) mass is 143 g/mol. The molecule has 0 aliphatic rings. The van der Waals surface area contributed by atoms with Gasteiger partial charge in [-0.15, -0.1) is 0 Å². The van der Waals surface area contributed by atoms with Gasteiger partial charge in [0, 0.05) is 18.0 Å². The third-order valence-corrected chi connectivity index (χ3v) is 1.08. The summed E-state index contributed by atoms with van der Waals surface area (Å²) in [7, 11) is 0. The number of hydrogen-bond acceptors (Lipinski definition) is 1. The van der Waals surface area contributed by atoms with Gasteiger partial charge in [0.2, 0.25) is 0 Å². The molecule has 1 aromatic heterocycles. The molecule has 1 rings (SSSR count). The molecule has 0 N–H and O–H groups in total. The van der Waals surface area contributed by atoms with Crippen molar-refractivity contribution in [3.05, 3.63) is 42.2 Å². The minimum atomic E-state index is 0.869. The van der Waals surface area contributed by atoms with E-state index in [1.807, 2.05) is 19.1 Å². The Hall–Kier alpha value is -1.55. The van der Waals surface area contributed by atoms with Crippen molar-refractivity contribution in [3.8, 4) is 11.8 Å². The van der Waals surface area contributed by atoms with Crippen LogP contribution in [0.2, 0.25) is 0 Å². The van der Waals surface area contributed by atoms with Crippen LogP contribution in [0, 0.1) is 11.8 Å². The lowest BCUT2D eigenvalue weighted by molar-refractivity contribution is 1.31. The van der Waals surface area contributed by atoms with E-state index < -0.39 is 0 Å². The van der Waals surface area contributed by atoms with Crippen molar-refractivity contribution in [1.82, 2.24) is 4.98 Å². The molecule has 11 heavy (non-hydrogen) atoms. The molecule has 0 saturated heterocycles. The van der Waals surface area contributed by atoms with E-state index >= 15 is 0 Å². The standard InChI is InChI=1S/C10H9N/c1-9(2)5-6-10-4-3-7-11-8-10/h3-4,7-8H,1H2,2H3. The van der Waals surface area contributed by atoms with Crippen molar-refractivity contribution in [2.45, 2.75) is 6.92 Å². The molecule has 0 radical (unpaired) electrons. The van der Waals surface area contributed by atoms with Crippen molar-refractivity contribution >= 4 is 0 Å². The number of allylic oxidation sites excluding steroid dienone is 1. The Morgan fingerprint density at radius 3 is 3.00 bits per heavy atom. The van der Waals surface area contributed by atoms with E-state index in [1.165, 1.54) is 0 Å². The third-order valence-electron chi connectivity index (χ3n) is 1.08. The summed E-state index contributed by atoms with van der Waals surface area (Å²) in [6, 6.07) is 3.78. The molecule has 1 aromatic rings. The van der Waals surface area contributed by atoms with Gasteiger partial charge in [0.15, 0.2) is 0 Å². The van der Waals surface area contributed by atoms with Gasteiger partial charge in [-0.3, -0.25) is 4.98 Å². The van der Waals surface area contributed by atoms with Gasteiger partial charge in [-0.2, -0.15) is 0 Å². The zero-order valence-electron chi connectivity index (χ0n) is 6.46. The highest BCUT2D eigenvalue weighted by Gasteiger charge is 1.80. The zero-order valence-corrected chi connectivity index (χ0v) is 6.46. The van der Waals surface area contributed by atoms with Crippen LogP contribution < -0.4 is 0 Å². The first kappa shape index (κ1) is 7.56. The van der Waals surface area contributed by atoms with Crippen LogP contribution in [0.1, 0.15) is 12.5 Å². The third kappa shape index (κ3) is 2.68. The molecule has 0 unspecified atom stereocenters. The van der Waals surface area contributed by atoms with Crippen LogP contribution in [0.15, 0.2) is 36.7 Å². The minimum absolute atomic E-state index is 0.869. The molecule has 0 aromatic carbocycles. The van der Waals surface area contributed by atoms with E-state index in [-0.39, 0.29) is 0 Å². The molecule has 0 aliphatic carbocycles. The predicted molar refractivity (Wildman–Crippen MR) is 45.9 cm³/mol. The predicted octanol–water partition coefficient (Wildman–Crippen LogP) is 2.01. The fourth-order valence-electron chi connectivity index (χ4n) is 0.616. The topological polar surface area (TPSA) is 12.9 Å². The van der Waals surface area contributed by atoms with Crippen molar-refractivity contribution in [2.24, 2.45) is 0 Å². The second kappa shape index (κ2) is 3.58. The normalized spacial score (nSPS) is 8.09. The van der Waals surface area contributed by atoms with E-state index in [0.29, 0.717) is 0 Å². The van der Waals surface area contributed by atoms with Crippen molar-refractivity contribution < 1.29 is 0 Å². The zero-order chi connectivity index (χ0) is 8.10. The number of nitrogens with zero attached hydrogens (tertiary/aromatic N) is 1. The van der Waals surface area contributed by atoms with Crippen LogP contribution in [-0.4, -0.2) is 4.98 Å². The highest BCUT2D eigenvalue weighted by molar-refractivity contribution is 5.37. The van der Waals surface area contributed by atoms with Gasteiger partial charge in [0.05, 0.1) is 0 Å². The maximum atomic E-state index is 3.93. The van der Waals surface area contributed by atoms with Crippen molar-refractivity contribution in [2.75, 3.05) is 0 Å². The van der Waals surface area contributed by atoms with Crippen molar-refractivity contribution in [3.63, 3.8) is 0 Å². The van der Waals surface area contributed by atoms with Crippen LogP contribution >= 0.6 is 0 Å². The summed E-state index contributed by atoms with van der Waals surface area (Å²) in [6.45, 7) is 5.55. The summed E-state index contributed by atoms with van der Waals surface area (Å²) >= 11 is 0. The summed E-state index contributed by atoms with van der Waals surface area (Å²) in [4.78, 5) is 3.93. The second-order valence-corrected chi connectivity index (χ2v) is 2.27. The molecule has 0 aliphatic heterocycles. The van der Waals surface area contributed by atoms with Crippen LogP contribution in [-0.2, 0) is 0 Å². The highest BCUT2D eigenvalue weighted by Crippen LogP contribution is 1.92. The van der Waals surface area contributed by atoms with Gasteiger partial charge in [-0.25, -0.2) is 0 Å². The molecule has 1 nitrogen and oxygen atoms in total. The van der Waals surface area contributed by atoms with Gasteiger partial charge < -0.3 is 0 Å². The molecule has 0 saturated carbocycles. The maximum Gasteiger partial charge on any atom is 0.0432 e. The molecule has 0 spiro atoms. The quantitative estimate of drug-likeness (QED) is 0.506. The number of hydrogen-bond donors (Lipinski definition) is 0. The Morgan fingerprint density at radius 1 is 1.64 bits per heavy atom. The maximum absolute atomic E-state index is 3.93. The largest absolute Gasteiger partial charge is 0.263 e. The summed E-state index contributed by atoms with van der Waals surface area (Å²) in [5.41, 5.74) is 1.80. The van der Waals surface area contributed by atoms with Crippen LogP contribution in [0.4, 0.5) is 0 Å². The molecule has 54 valence electrons. The van der Waals surface area contributed by atoms with Crippen LogP contribution in [0.3, 0.4) is 0 Å². The van der Waals surface area contributed by atoms with E-state index in [2.05, 4.69) is 23.4 Å². The molecule has 0 amide bonds. The average molecular weight is 143 g/mol. The van der Waals surface area contributed by atoms with E-state index in [1.54, 1.807) is 12.4 Å². The molecular weight excluding hydrogens is 134 g/mol. The first-order chi connectivity index (χ1) is 5.29. The molecule has 0 fully saturated rings. The van der Waals surface area contributed by atoms with Gasteiger partial charge in [0.25, 0.3) is 0 Å². The van der Waals surface area contributed by atoms with E-state index in [9.17, 15) is 0 Å². The second-order valence-electron chi connectivity index (χ2n) is 2.27. The Morgan fingerprint density at radius 2 is 2.45 bits per heavy atom. The van der Waals surface area contributed by atoms with Crippen molar-refractivity contribution in [1.29, 1.82) is 0 Å². The Bertz CT molecular complexity index is 301. The lowest BCUT2D eigenvalue weighted by atomic mass is 10.2. The lowest BCUT2D eigenvalue weighted by Gasteiger charge is -1.84. The summed E-state index contributed by atoms with van der Waals surface area (Å²) < 4.78 is 0. The average Bonchev–Trinajstić information content (AvgIpc) is 2.03. The number of aromatic nitrogens is 1. The van der Waals surface area contributed by atoms with Gasteiger partial charge in [-0.05, 0) is 24.6 Å². The summed E-state index contributed by atoms with van der Waals surface area (Å²) in [6.07, 6.45) is 3.46. The molecule has 0 bridgehead atoms. The number of rotatable bonds is 0. The smallest absolute Gasteiger partial charge is 0.0432 e. The molecule has 1 heteroatoms. The van der Waals surface area contributed by atoms with Gasteiger partial charge in [-0.1, -0.05) is 18.4 Å². The first-order valence-electron chi connectivity index (χ1n) is 3.36. The van der Waals surface area contributed by atoms with Crippen LogP contribution in [0.25, 0.3) is 0 Å². The summed E-state index contributed by atoms with van der Waals surface area (Å²) in [5, 5.41) is 0. The highest BCUT2D eigenvalue weighted by atomic mass is 14.6. The SMILES string of the molecule is C=C(C)C#Cc1cccnc1. The Labute approximate surface area is 66.8 Å². The molecule has 0 atom stereocenters. The van der Waals surface area contributed by atoms with E-state index in [0.717, 1.165) is 11.1 Å². The van der Waals surface area contributed by atoms with Gasteiger partial charge >= 0.3 is 0 Å². The lowest BCUT2D eigenvalue weighted by Crippen LogP contribution is -1.74. The first-order valence-corrected chi connectivity index (χ1v) is 3.36. The Balaban J connectivity index is 2.83. The number of pyridine rings is 1. The molecule has 1 heterocycles. The fourth-order valence-corrected chi connectivity index (χ4v) is 0.616. The van der Waals surface area contributed by atoms with Gasteiger partial charge in [0.1, 0.15) is 0 Å². The fraction of sp³-hybridized carbons (Fsp3) is 0.100. The summed E-state index contributed by atoms with van der Waals surface area (Å²) in [5.74, 6) is 5.81. The Kier molecular flexibility index (Phi) is 2.46. The minimum Gasteiger partial charge on any atom is -0.263 e.